The van der Waals surface area contributed by atoms with E-state index >= 15 is 14.4 Å². The Bertz CT molecular complexity index is 2420. The topological polar surface area (TPSA) is 240 Å². The lowest BCUT2D eigenvalue weighted by molar-refractivity contribution is -0.157. The number of carbonyl (C=O) groups excluding carboxylic acids is 12. The van der Waals surface area contributed by atoms with Crippen LogP contribution < -0.4 is 5.32 Å². The summed E-state index contributed by atoms with van der Waals surface area (Å²) < 4.78 is 0. The molecule has 1 aliphatic heterocycles. The van der Waals surface area contributed by atoms with E-state index in [1.165, 1.54) is 59.7 Å². The van der Waals surface area contributed by atoms with Crippen LogP contribution >= 0.6 is 0 Å². The van der Waals surface area contributed by atoms with Gasteiger partial charge in [0.25, 0.3) is 5.91 Å². The van der Waals surface area contributed by atoms with Gasteiger partial charge in [-0.1, -0.05) is 130 Å². The first kappa shape index (κ1) is 79.4. The zero-order valence-electron chi connectivity index (χ0n) is 58.1. The molecule has 0 radical (unpaired) electrons. The highest BCUT2D eigenvalue weighted by atomic mass is 16.2. The number of allylic oxidation sites excluding steroid dienone is 2. The van der Waals surface area contributed by atoms with E-state index in [2.05, 4.69) is 5.32 Å². The smallest absolute Gasteiger partial charge is 0.251 e. The van der Waals surface area contributed by atoms with Crippen molar-refractivity contribution in [2.45, 2.75) is 218 Å². The summed E-state index contributed by atoms with van der Waals surface area (Å²) in [5, 5.41) is 2.76. The summed E-state index contributed by atoms with van der Waals surface area (Å²) in [6.07, 6.45) is 4.07. The molecular weight excluding hydrogens is 1110 g/mol. The van der Waals surface area contributed by atoms with E-state index < -0.39 is 137 Å². The summed E-state index contributed by atoms with van der Waals surface area (Å²) in [5.74, 6) is -11.7. The SMILES string of the molecule is C/C=C/C[C@@H](C)C(=O)[C@H]1C(=O)N[C@@H](C(C)C)C(=O)N(C)CC(=O)CN(C)[C@@H](CC(C)C)C(=O)C[C@@H](C(C)C)C(=O)N(C)[C@@H](CC(C)C)C(=O)C[C@@H](C)C(=O)C[C@H](C)C(=O)N(C)[C@@H](CC(C)C)C(=O)N(C)[C@@H](CC(C)C)C(=O)N(C)[C@@H](C(C)C)C(=O)N1C. The molecule has 20 nitrogen and oxygen atoms in total. The normalized spacial score (nSPS) is 26.8. The first-order chi connectivity index (χ1) is 40.1. The zero-order chi connectivity index (χ0) is 67.6. The third-order valence-electron chi connectivity index (χ3n) is 17.2. The molecule has 0 unspecified atom stereocenters. The number of Topliss-reactive ketones (excluding diaryl/α,β-unsaturated/α-hetero) is 5. The minimum Gasteiger partial charge on any atom is -0.342 e. The van der Waals surface area contributed by atoms with Gasteiger partial charge in [0.05, 0.1) is 25.2 Å². The lowest BCUT2D eigenvalue weighted by Gasteiger charge is -2.41. The minimum absolute atomic E-state index is 0.0106. The summed E-state index contributed by atoms with van der Waals surface area (Å²) in [7, 11) is 10.3. The fourth-order valence-electron chi connectivity index (χ4n) is 11.7. The van der Waals surface area contributed by atoms with Gasteiger partial charge in [-0.05, 0) is 87.5 Å². The number of hydrogen-bond donors (Lipinski definition) is 1. The van der Waals surface area contributed by atoms with Gasteiger partial charge in [0.15, 0.2) is 29.2 Å². The standard InChI is InChI=1S/C67H116N8O12/c1-26-27-28-45(16)60(80)59-61(81)68-57(43(12)13)66(86)70(20)37-48(76)36-69(19)50(29-38(2)3)56(79)35-49(42(10)11)63(83)71(21)51(30-39(4)5)55(78)33-46(17)54(77)34-47(18)62(82)72(22)52(31-40(6)7)64(84)73(23)53(32-41(8)9)65(85)74(24)58(44(14)15)67(87)75(59)25/h26-27,38-47,49-53,57-59H,28-37H2,1-25H3,(H,68,81)/b27-26+/t45-,46-,47+,49+,50+,51+,52+,53+,57+,58+,59+/m1/s1. The maximum absolute atomic E-state index is 15.2. The van der Waals surface area contributed by atoms with Gasteiger partial charge in [0, 0.05) is 85.2 Å². The van der Waals surface area contributed by atoms with Crippen LogP contribution in [-0.4, -0.2) is 209 Å². The molecule has 1 rings (SSSR count). The number of amides is 7. The minimum atomic E-state index is -1.79. The quantitative estimate of drug-likeness (QED) is 0.128. The molecule has 87 heavy (non-hydrogen) atoms. The molecule has 0 aromatic heterocycles. The van der Waals surface area contributed by atoms with Gasteiger partial charge >= 0.3 is 0 Å². The van der Waals surface area contributed by atoms with Crippen LogP contribution in [0.4, 0.5) is 0 Å². The van der Waals surface area contributed by atoms with Gasteiger partial charge in [0.1, 0.15) is 30.0 Å². The Hall–Kier alpha value is -5.66. The Labute approximate surface area is 523 Å². The van der Waals surface area contributed by atoms with Crippen molar-refractivity contribution >= 4 is 70.3 Å². The lowest BCUT2D eigenvalue weighted by atomic mass is 9.84. The molecule has 1 fully saturated rings. The van der Waals surface area contributed by atoms with Gasteiger partial charge in [-0.25, -0.2) is 0 Å². The van der Waals surface area contributed by atoms with Crippen LogP contribution in [0.2, 0.25) is 0 Å². The van der Waals surface area contributed by atoms with Crippen molar-refractivity contribution in [3.05, 3.63) is 12.2 Å². The van der Waals surface area contributed by atoms with Crippen molar-refractivity contribution in [3.8, 4) is 0 Å². The Morgan fingerprint density at radius 3 is 1.37 bits per heavy atom. The number of ketones is 5. The van der Waals surface area contributed by atoms with Crippen LogP contribution in [0.25, 0.3) is 0 Å². The van der Waals surface area contributed by atoms with E-state index in [0.29, 0.717) is 6.42 Å². The molecule has 0 spiro atoms. The summed E-state index contributed by atoms with van der Waals surface area (Å²) in [6, 6.07) is -8.33. The molecule has 0 aromatic rings. The summed E-state index contributed by atoms with van der Waals surface area (Å²) in [6.45, 7) is 31.7. The first-order valence-corrected chi connectivity index (χ1v) is 31.9. The van der Waals surface area contributed by atoms with Crippen molar-refractivity contribution in [2.75, 3.05) is 62.4 Å². The van der Waals surface area contributed by atoms with Crippen molar-refractivity contribution in [1.29, 1.82) is 0 Å². The van der Waals surface area contributed by atoms with Crippen molar-refractivity contribution in [2.24, 2.45) is 65.1 Å². The van der Waals surface area contributed by atoms with E-state index in [-0.39, 0.29) is 98.4 Å². The van der Waals surface area contributed by atoms with Crippen molar-refractivity contribution < 1.29 is 57.5 Å². The molecule has 1 saturated heterocycles. The highest BCUT2D eigenvalue weighted by Gasteiger charge is 2.46. The summed E-state index contributed by atoms with van der Waals surface area (Å²) >= 11 is 0. The van der Waals surface area contributed by atoms with Gasteiger partial charge < -0.3 is 34.7 Å². The second kappa shape index (κ2) is 36.1. The van der Waals surface area contributed by atoms with E-state index in [1.54, 1.807) is 86.5 Å². The van der Waals surface area contributed by atoms with Gasteiger partial charge in [0.2, 0.25) is 35.4 Å². The van der Waals surface area contributed by atoms with Crippen LogP contribution in [0.5, 0.6) is 0 Å². The predicted molar refractivity (Wildman–Crippen MR) is 340 cm³/mol. The molecule has 1 aliphatic rings. The molecule has 496 valence electrons. The molecular formula is C67H116N8O12. The second-order valence-electron chi connectivity index (χ2n) is 28.1. The average Bonchev–Trinajstić information content (AvgIpc) is 1.27. The third-order valence-corrected chi connectivity index (χ3v) is 17.2. The molecule has 11 atom stereocenters. The number of carbonyl (C=O) groups is 12. The number of rotatable bonds is 15. The fourth-order valence-corrected chi connectivity index (χ4v) is 11.7. The Morgan fingerprint density at radius 2 is 0.908 bits per heavy atom. The lowest BCUT2D eigenvalue weighted by Crippen LogP contribution is -2.63. The van der Waals surface area contributed by atoms with E-state index in [0.717, 1.165) is 4.90 Å². The Balaban J connectivity index is 4.32. The molecule has 0 aliphatic carbocycles. The number of hydrogen-bond acceptors (Lipinski definition) is 13. The van der Waals surface area contributed by atoms with E-state index in [4.69, 9.17) is 0 Å². The molecule has 1 N–H and O–H groups in total. The molecule has 1 heterocycles. The van der Waals surface area contributed by atoms with Gasteiger partial charge in [-0.15, -0.1) is 0 Å². The fraction of sp³-hybridized carbons (Fsp3) is 0.791. The number of nitrogens with one attached hydrogen (secondary N) is 1. The molecule has 0 aromatic carbocycles. The highest BCUT2D eigenvalue weighted by Crippen LogP contribution is 2.29. The predicted octanol–water partition coefficient (Wildman–Crippen LogP) is 7.04. The summed E-state index contributed by atoms with van der Waals surface area (Å²) in [4.78, 5) is 185. The van der Waals surface area contributed by atoms with Crippen molar-refractivity contribution in [1.82, 2.24) is 39.6 Å². The second-order valence-corrected chi connectivity index (χ2v) is 28.1. The monoisotopic (exact) mass is 1220 g/mol. The Morgan fingerprint density at radius 1 is 0.471 bits per heavy atom. The number of likely N-dealkylation sites (N-methyl/N-ethyl adjacent to an activating group) is 7. The van der Waals surface area contributed by atoms with Crippen molar-refractivity contribution in [3.63, 3.8) is 0 Å². The molecule has 20 heteroatoms. The van der Waals surface area contributed by atoms with Gasteiger partial charge in [-0.2, -0.15) is 0 Å². The highest BCUT2D eigenvalue weighted by molar-refractivity contribution is 6.10. The summed E-state index contributed by atoms with van der Waals surface area (Å²) in [5.41, 5.74) is 0. The van der Waals surface area contributed by atoms with Crippen LogP contribution in [0.15, 0.2) is 12.2 Å². The van der Waals surface area contributed by atoms with Crippen LogP contribution in [0.3, 0.4) is 0 Å². The van der Waals surface area contributed by atoms with E-state index in [1.807, 2.05) is 69.2 Å². The zero-order valence-corrected chi connectivity index (χ0v) is 58.1. The maximum Gasteiger partial charge on any atom is 0.251 e. The molecule has 0 bridgehead atoms. The molecule has 7 amide bonds. The largest absolute Gasteiger partial charge is 0.342 e. The molecule has 0 saturated carbocycles. The van der Waals surface area contributed by atoms with E-state index in [9.17, 15) is 43.2 Å². The van der Waals surface area contributed by atoms with Crippen LogP contribution in [0.1, 0.15) is 176 Å². The Kier molecular flexibility index (Phi) is 32.9. The van der Waals surface area contributed by atoms with Crippen LogP contribution in [0, 0.1) is 65.1 Å². The first-order valence-electron chi connectivity index (χ1n) is 31.9. The maximum atomic E-state index is 15.2. The number of nitrogens with zero attached hydrogens (tertiary/aromatic N) is 7. The van der Waals surface area contributed by atoms with Gasteiger partial charge in [-0.3, -0.25) is 62.4 Å². The third kappa shape index (κ3) is 23.0. The average molecular weight is 1230 g/mol. The van der Waals surface area contributed by atoms with Crippen LogP contribution in [-0.2, 0) is 57.5 Å².